The summed E-state index contributed by atoms with van der Waals surface area (Å²) in [7, 11) is 1.60. The lowest BCUT2D eigenvalue weighted by molar-refractivity contribution is -0.114. The summed E-state index contributed by atoms with van der Waals surface area (Å²) in [5.41, 5.74) is 3.64. The van der Waals surface area contributed by atoms with Crippen LogP contribution in [-0.4, -0.2) is 29.3 Å². The van der Waals surface area contributed by atoms with Gasteiger partial charge in [-0.15, -0.1) is 0 Å². The van der Waals surface area contributed by atoms with Crippen LogP contribution in [0.15, 0.2) is 60.9 Å². The zero-order valence-electron chi connectivity index (χ0n) is 14.2. The molecule has 0 radical (unpaired) electrons. The number of rotatable bonds is 6. The fourth-order valence-corrected chi connectivity index (χ4v) is 2.49. The number of amides is 1. The van der Waals surface area contributed by atoms with Crippen LogP contribution in [-0.2, 0) is 4.79 Å². The second-order valence-electron chi connectivity index (χ2n) is 5.58. The first-order chi connectivity index (χ1) is 12.2. The minimum Gasteiger partial charge on any atom is -0.497 e. The molecule has 3 rings (SSSR count). The molecule has 2 N–H and O–H groups in total. The van der Waals surface area contributed by atoms with Crippen molar-refractivity contribution in [3.63, 3.8) is 0 Å². The van der Waals surface area contributed by atoms with E-state index in [1.165, 1.54) is 0 Å². The fraction of sp³-hybridized carbons (Fsp3) is 0.158. The Labute approximate surface area is 146 Å². The van der Waals surface area contributed by atoms with Gasteiger partial charge in [0.1, 0.15) is 5.75 Å². The number of aryl methyl sites for hydroxylation is 1. The number of anilines is 2. The van der Waals surface area contributed by atoms with E-state index in [1.807, 2.05) is 55.6 Å². The molecule has 0 aliphatic heterocycles. The van der Waals surface area contributed by atoms with Crippen LogP contribution in [0.2, 0.25) is 0 Å². The molecule has 25 heavy (non-hydrogen) atoms. The molecule has 0 bridgehead atoms. The van der Waals surface area contributed by atoms with E-state index in [-0.39, 0.29) is 12.5 Å². The first-order valence-corrected chi connectivity index (χ1v) is 7.94. The minimum atomic E-state index is -0.121. The number of methoxy groups -OCH3 is 1. The Morgan fingerprint density at radius 2 is 2.08 bits per heavy atom. The number of ether oxygens (including phenoxy) is 1. The van der Waals surface area contributed by atoms with Gasteiger partial charge in [-0.25, -0.2) is 4.68 Å². The first kappa shape index (κ1) is 16.6. The lowest BCUT2D eigenvalue weighted by atomic mass is 10.1. The molecule has 1 aromatic heterocycles. The monoisotopic (exact) mass is 336 g/mol. The topological polar surface area (TPSA) is 68.2 Å². The minimum absolute atomic E-state index is 0.121. The van der Waals surface area contributed by atoms with E-state index in [1.54, 1.807) is 24.1 Å². The van der Waals surface area contributed by atoms with Gasteiger partial charge in [-0.2, -0.15) is 5.10 Å². The second-order valence-corrected chi connectivity index (χ2v) is 5.58. The fourth-order valence-electron chi connectivity index (χ4n) is 2.49. The summed E-state index contributed by atoms with van der Waals surface area (Å²) in [4.78, 5) is 12.1. The molecule has 0 saturated heterocycles. The molecule has 1 amide bonds. The third-order valence-electron chi connectivity index (χ3n) is 3.77. The Morgan fingerprint density at radius 3 is 2.80 bits per heavy atom. The van der Waals surface area contributed by atoms with E-state index in [0.717, 1.165) is 16.9 Å². The van der Waals surface area contributed by atoms with Crippen LogP contribution in [0.4, 0.5) is 11.4 Å². The first-order valence-electron chi connectivity index (χ1n) is 7.94. The van der Waals surface area contributed by atoms with E-state index >= 15 is 0 Å². The highest BCUT2D eigenvalue weighted by Crippen LogP contribution is 2.19. The van der Waals surface area contributed by atoms with Crippen LogP contribution in [0.5, 0.6) is 5.75 Å². The third kappa shape index (κ3) is 4.17. The number of benzene rings is 2. The Hall–Kier alpha value is -3.28. The number of aromatic nitrogens is 2. The van der Waals surface area contributed by atoms with Gasteiger partial charge in [-0.1, -0.05) is 6.07 Å². The molecule has 128 valence electrons. The number of carbonyl (C=O) groups excluding carboxylic acids is 1. The van der Waals surface area contributed by atoms with Crippen molar-refractivity contribution in [3.8, 4) is 11.4 Å². The molecule has 0 spiro atoms. The van der Waals surface area contributed by atoms with Crippen molar-refractivity contribution in [1.29, 1.82) is 0 Å². The molecular formula is C19H20N4O2. The van der Waals surface area contributed by atoms with Crippen molar-refractivity contribution in [2.45, 2.75) is 6.92 Å². The summed E-state index contributed by atoms with van der Waals surface area (Å²) in [6.07, 6.45) is 3.63. The van der Waals surface area contributed by atoms with Gasteiger partial charge in [0.15, 0.2) is 0 Å². The molecule has 0 fully saturated rings. The SMILES string of the molecule is COc1cccc(NC(=O)CNc2ccc(-n3cccn3)cc2C)c1. The van der Waals surface area contributed by atoms with Crippen LogP contribution in [0, 0.1) is 6.92 Å². The molecule has 6 heteroatoms. The Morgan fingerprint density at radius 1 is 1.20 bits per heavy atom. The summed E-state index contributed by atoms with van der Waals surface area (Å²) in [6, 6.07) is 15.1. The predicted octanol–water partition coefficient (Wildman–Crippen LogP) is 3.24. The van der Waals surface area contributed by atoms with Crippen molar-refractivity contribution in [2.75, 3.05) is 24.3 Å². The molecule has 0 unspecified atom stereocenters. The molecule has 2 aromatic carbocycles. The molecule has 0 atom stereocenters. The van der Waals surface area contributed by atoms with E-state index in [4.69, 9.17) is 4.74 Å². The lowest BCUT2D eigenvalue weighted by Crippen LogP contribution is -2.22. The normalized spacial score (nSPS) is 10.3. The average molecular weight is 336 g/mol. The Kier molecular flexibility index (Phi) is 4.99. The van der Waals surface area contributed by atoms with E-state index in [9.17, 15) is 4.79 Å². The highest BCUT2D eigenvalue weighted by atomic mass is 16.5. The molecular weight excluding hydrogens is 316 g/mol. The van der Waals surface area contributed by atoms with Crippen molar-refractivity contribution in [2.24, 2.45) is 0 Å². The van der Waals surface area contributed by atoms with E-state index in [2.05, 4.69) is 15.7 Å². The molecule has 0 aliphatic rings. The summed E-state index contributed by atoms with van der Waals surface area (Å²) >= 11 is 0. The van der Waals surface area contributed by atoms with Crippen molar-refractivity contribution in [1.82, 2.24) is 9.78 Å². The second kappa shape index (κ2) is 7.53. The summed E-state index contributed by atoms with van der Waals surface area (Å²) < 4.78 is 6.95. The summed E-state index contributed by atoms with van der Waals surface area (Å²) in [5.74, 6) is 0.583. The largest absolute Gasteiger partial charge is 0.497 e. The van der Waals surface area contributed by atoms with Crippen molar-refractivity contribution >= 4 is 17.3 Å². The predicted molar refractivity (Wildman–Crippen MR) is 98.4 cm³/mol. The van der Waals surface area contributed by atoms with Gasteiger partial charge in [0.05, 0.1) is 19.3 Å². The van der Waals surface area contributed by atoms with Crippen molar-refractivity contribution in [3.05, 3.63) is 66.5 Å². The van der Waals surface area contributed by atoms with Gasteiger partial charge < -0.3 is 15.4 Å². The van der Waals surface area contributed by atoms with Crippen molar-refractivity contribution < 1.29 is 9.53 Å². The zero-order chi connectivity index (χ0) is 17.6. The maximum absolute atomic E-state index is 12.1. The zero-order valence-corrected chi connectivity index (χ0v) is 14.2. The van der Waals surface area contributed by atoms with Gasteiger partial charge >= 0.3 is 0 Å². The molecule has 3 aromatic rings. The van der Waals surface area contributed by atoms with Crippen LogP contribution in [0.25, 0.3) is 5.69 Å². The molecule has 6 nitrogen and oxygen atoms in total. The number of hydrogen-bond donors (Lipinski definition) is 2. The smallest absolute Gasteiger partial charge is 0.243 e. The van der Waals surface area contributed by atoms with Gasteiger partial charge in [0.25, 0.3) is 0 Å². The highest BCUT2D eigenvalue weighted by Gasteiger charge is 2.06. The molecule has 1 heterocycles. The number of nitrogens with one attached hydrogen (secondary N) is 2. The standard InChI is InChI=1S/C19H20N4O2/c1-14-11-16(23-10-4-9-21-23)7-8-18(14)20-13-19(24)22-15-5-3-6-17(12-15)25-2/h3-12,20H,13H2,1-2H3,(H,22,24). The number of hydrogen-bond acceptors (Lipinski definition) is 4. The average Bonchev–Trinajstić information content (AvgIpc) is 3.15. The Balaban J connectivity index is 1.60. The van der Waals surface area contributed by atoms with Crippen LogP contribution in [0.1, 0.15) is 5.56 Å². The third-order valence-corrected chi connectivity index (χ3v) is 3.77. The molecule has 0 saturated carbocycles. The van der Waals surface area contributed by atoms with Gasteiger partial charge in [0.2, 0.25) is 5.91 Å². The quantitative estimate of drug-likeness (QED) is 0.725. The van der Waals surface area contributed by atoms with Gasteiger partial charge in [-0.3, -0.25) is 4.79 Å². The maximum atomic E-state index is 12.1. The summed E-state index contributed by atoms with van der Waals surface area (Å²) in [6.45, 7) is 2.18. The van der Waals surface area contributed by atoms with E-state index in [0.29, 0.717) is 11.4 Å². The highest BCUT2D eigenvalue weighted by molar-refractivity contribution is 5.94. The number of carbonyl (C=O) groups is 1. The maximum Gasteiger partial charge on any atom is 0.243 e. The Bertz CT molecular complexity index is 860. The van der Waals surface area contributed by atoms with Crippen LogP contribution >= 0.6 is 0 Å². The van der Waals surface area contributed by atoms with Gasteiger partial charge in [-0.05, 0) is 48.9 Å². The van der Waals surface area contributed by atoms with E-state index < -0.39 is 0 Å². The lowest BCUT2D eigenvalue weighted by Gasteiger charge is -2.12. The summed E-state index contributed by atoms with van der Waals surface area (Å²) in [5, 5.41) is 10.2. The number of nitrogens with zero attached hydrogens (tertiary/aromatic N) is 2. The molecule has 0 aliphatic carbocycles. The van der Waals surface area contributed by atoms with Crippen LogP contribution < -0.4 is 15.4 Å². The van der Waals surface area contributed by atoms with Gasteiger partial charge in [0, 0.05) is 29.8 Å². The van der Waals surface area contributed by atoms with Crippen LogP contribution in [0.3, 0.4) is 0 Å².